The molecule has 9 heteroatoms. The number of fused-ring (bicyclic) bond motifs is 1. The van der Waals surface area contributed by atoms with E-state index in [1.807, 2.05) is 0 Å². The summed E-state index contributed by atoms with van der Waals surface area (Å²) < 4.78 is 37.4. The van der Waals surface area contributed by atoms with E-state index in [1.165, 1.54) is 19.2 Å². The summed E-state index contributed by atoms with van der Waals surface area (Å²) in [6, 6.07) is 11.1. The Balaban J connectivity index is 1.61. The maximum absolute atomic E-state index is 13.3. The molecule has 0 unspecified atom stereocenters. The molecular weight excluding hydrogens is 409 g/mol. The van der Waals surface area contributed by atoms with Crippen LogP contribution in [0.1, 0.15) is 16.8 Å². The topological polar surface area (TPSA) is 82.5 Å². The van der Waals surface area contributed by atoms with Crippen molar-refractivity contribution in [2.24, 2.45) is 0 Å². The molecule has 4 rings (SSSR count). The molecule has 0 saturated carbocycles. The van der Waals surface area contributed by atoms with Crippen LogP contribution in [0.3, 0.4) is 0 Å². The zero-order valence-corrected chi connectivity index (χ0v) is 17.3. The van der Waals surface area contributed by atoms with Gasteiger partial charge < -0.3 is 14.8 Å². The quantitative estimate of drug-likeness (QED) is 0.652. The first-order valence-corrected chi connectivity index (χ1v) is 10.7. The van der Waals surface area contributed by atoms with E-state index in [-0.39, 0.29) is 18.1 Å². The van der Waals surface area contributed by atoms with Crippen LogP contribution in [0.2, 0.25) is 0 Å². The van der Waals surface area contributed by atoms with Gasteiger partial charge in [0.1, 0.15) is 11.6 Å². The molecule has 0 saturated heterocycles. The van der Waals surface area contributed by atoms with Gasteiger partial charge in [-0.05, 0) is 42.0 Å². The maximum Gasteiger partial charge on any atom is 0.229 e. The number of rotatable bonds is 6. The van der Waals surface area contributed by atoms with E-state index in [4.69, 9.17) is 9.47 Å². The van der Waals surface area contributed by atoms with E-state index in [0.29, 0.717) is 40.2 Å². The van der Waals surface area contributed by atoms with Crippen molar-refractivity contribution < 1.29 is 22.9 Å². The molecule has 3 aromatic rings. The Bertz CT molecular complexity index is 1130. The van der Waals surface area contributed by atoms with Crippen molar-refractivity contribution >= 4 is 22.5 Å². The highest BCUT2D eigenvalue weighted by Crippen LogP contribution is 2.32. The van der Waals surface area contributed by atoms with Crippen LogP contribution >= 0.6 is 0 Å². The lowest BCUT2D eigenvalue weighted by Crippen LogP contribution is -2.18. The third kappa shape index (κ3) is 3.93. The molecule has 0 bridgehead atoms. The lowest BCUT2D eigenvalue weighted by molar-refractivity contribution is -0.115. The number of hydrogen-bond donors (Lipinski definition) is 1. The van der Waals surface area contributed by atoms with Crippen molar-refractivity contribution in [2.75, 3.05) is 19.5 Å². The summed E-state index contributed by atoms with van der Waals surface area (Å²) in [5.41, 5.74) is 2.79. The van der Waals surface area contributed by atoms with Gasteiger partial charge in [0, 0.05) is 16.4 Å². The van der Waals surface area contributed by atoms with Crippen LogP contribution in [-0.2, 0) is 33.5 Å². The summed E-state index contributed by atoms with van der Waals surface area (Å²) in [4.78, 5) is 12.8. The number of amides is 1. The average molecular weight is 429 g/mol. The molecule has 1 aliphatic heterocycles. The summed E-state index contributed by atoms with van der Waals surface area (Å²) in [7, 11) is 2.04. The highest BCUT2D eigenvalue weighted by atomic mass is 32.2. The number of carbonyl (C=O) groups is 1. The van der Waals surface area contributed by atoms with Gasteiger partial charge in [-0.2, -0.15) is 5.10 Å². The number of anilines is 1. The minimum atomic E-state index is -1.05. The molecule has 7 nitrogen and oxygen atoms in total. The number of methoxy groups -OCH3 is 2. The van der Waals surface area contributed by atoms with E-state index in [0.717, 1.165) is 11.1 Å². The Labute approximate surface area is 175 Å². The summed E-state index contributed by atoms with van der Waals surface area (Å²) in [5, 5.41) is 7.40. The second-order valence-corrected chi connectivity index (χ2v) is 8.26. The summed E-state index contributed by atoms with van der Waals surface area (Å²) in [5.74, 6) is 1.62. The first-order valence-electron chi connectivity index (χ1n) is 9.21. The molecule has 1 N–H and O–H groups in total. The number of benzene rings is 2. The van der Waals surface area contributed by atoms with E-state index >= 15 is 0 Å². The van der Waals surface area contributed by atoms with Gasteiger partial charge in [-0.25, -0.2) is 9.07 Å². The smallest absolute Gasteiger partial charge is 0.229 e. The molecule has 156 valence electrons. The van der Waals surface area contributed by atoms with E-state index < -0.39 is 10.8 Å². The van der Waals surface area contributed by atoms with E-state index in [9.17, 15) is 13.4 Å². The second-order valence-electron chi connectivity index (χ2n) is 6.80. The minimum Gasteiger partial charge on any atom is -0.493 e. The maximum atomic E-state index is 13.3. The molecule has 0 spiro atoms. The van der Waals surface area contributed by atoms with Gasteiger partial charge in [0.05, 0.1) is 43.5 Å². The third-order valence-electron chi connectivity index (χ3n) is 4.81. The van der Waals surface area contributed by atoms with Crippen LogP contribution in [-0.4, -0.2) is 34.1 Å². The van der Waals surface area contributed by atoms with E-state index in [2.05, 4.69) is 10.4 Å². The fraction of sp³-hybridized carbons (Fsp3) is 0.238. The number of aromatic nitrogens is 2. The van der Waals surface area contributed by atoms with Gasteiger partial charge in [-0.1, -0.05) is 6.07 Å². The van der Waals surface area contributed by atoms with Crippen molar-refractivity contribution in [2.45, 2.75) is 17.9 Å². The Morgan fingerprint density at radius 3 is 2.57 bits per heavy atom. The van der Waals surface area contributed by atoms with Gasteiger partial charge in [-0.3, -0.25) is 9.00 Å². The monoisotopic (exact) mass is 429 g/mol. The number of hydrogen-bond acceptors (Lipinski definition) is 5. The van der Waals surface area contributed by atoms with Gasteiger partial charge in [0.15, 0.2) is 11.5 Å². The van der Waals surface area contributed by atoms with Crippen molar-refractivity contribution in [1.82, 2.24) is 9.78 Å². The molecule has 30 heavy (non-hydrogen) atoms. The molecule has 2 aromatic carbocycles. The zero-order chi connectivity index (χ0) is 21.3. The standard InChI is InChI=1S/C21H20FN3O4S/c1-28-18-8-3-13(9-19(18)29-2)10-20(26)23-21-16-11-30(27)12-17(16)24-25(21)15-6-4-14(22)5-7-15/h3-9H,10-12H2,1-2H3,(H,23,26)/t30-/m1/s1. The van der Waals surface area contributed by atoms with E-state index in [1.54, 1.807) is 42.1 Å². The van der Waals surface area contributed by atoms with Gasteiger partial charge in [-0.15, -0.1) is 0 Å². The summed E-state index contributed by atoms with van der Waals surface area (Å²) >= 11 is 0. The lowest BCUT2D eigenvalue weighted by Gasteiger charge is -2.12. The fourth-order valence-corrected chi connectivity index (χ4v) is 4.64. The highest BCUT2D eigenvalue weighted by Gasteiger charge is 2.28. The molecule has 2 heterocycles. The van der Waals surface area contributed by atoms with Crippen LogP contribution in [0, 0.1) is 5.82 Å². The van der Waals surface area contributed by atoms with Gasteiger partial charge in [0.2, 0.25) is 5.91 Å². The largest absolute Gasteiger partial charge is 0.493 e. The number of nitrogens with zero attached hydrogens (tertiary/aromatic N) is 2. The fourth-order valence-electron chi connectivity index (χ4n) is 3.38. The third-order valence-corrected chi connectivity index (χ3v) is 6.02. The van der Waals surface area contributed by atoms with Crippen molar-refractivity contribution in [1.29, 1.82) is 0 Å². The van der Waals surface area contributed by atoms with Crippen molar-refractivity contribution in [3.63, 3.8) is 0 Å². The highest BCUT2D eigenvalue weighted by molar-refractivity contribution is 7.83. The average Bonchev–Trinajstić information content (AvgIpc) is 3.25. The number of nitrogens with one attached hydrogen (secondary N) is 1. The van der Waals surface area contributed by atoms with Crippen molar-refractivity contribution in [3.8, 4) is 17.2 Å². The Morgan fingerprint density at radius 2 is 1.87 bits per heavy atom. The first-order chi connectivity index (χ1) is 14.5. The summed E-state index contributed by atoms with van der Waals surface area (Å²) in [6.07, 6.45) is 0.104. The van der Waals surface area contributed by atoms with Gasteiger partial charge in [0.25, 0.3) is 0 Å². The van der Waals surface area contributed by atoms with Crippen LogP contribution in [0.25, 0.3) is 5.69 Å². The lowest BCUT2D eigenvalue weighted by atomic mass is 10.1. The molecule has 0 aliphatic carbocycles. The molecule has 1 aliphatic rings. The Kier molecular flexibility index (Phi) is 5.54. The molecular formula is C21H20FN3O4S. The summed E-state index contributed by atoms with van der Waals surface area (Å²) in [6.45, 7) is 0. The van der Waals surface area contributed by atoms with Crippen LogP contribution in [0.5, 0.6) is 11.5 Å². The zero-order valence-electron chi connectivity index (χ0n) is 16.5. The molecule has 0 fully saturated rings. The van der Waals surface area contributed by atoms with Crippen LogP contribution in [0.4, 0.5) is 10.2 Å². The SMILES string of the molecule is COc1ccc(CC(=O)Nc2c3c(nn2-c2ccc(F)cc2)C[S@](=O)C3)cc1OC. The number of carbonyl (C=O) groups excluding carboxylic acids is 1. The predicted molar refractivity (Wildman–Crippen MR) is 111 cm³/mol. The van der Waals surface area contributed by atoms with Crippen LogP contribution in [0.15, 0.2) is 42.5 Å². The minimum absolute atomic E-state index is 0.104. The molecule has 1 aromatic heterocycles. The number of ether oxygens (including phenoxy) is 2. The van der Waals surface area contributed by atoms with Gasteiger partial charge >= 0.3 is 0 Å². The molecule has 1 atom stereocenters. The Hall–Kier alpha value is -3.20. The van der Waals surface area contributed by atoms with Crippen LogP contribution < -0.4 is 14.8 Å². The molecule has 1 amide bonds. The second kappa shape index (κ2) is 8.27. The Morgan fingerprint density at radius 1 is 1.13 bits per heavy atom. The predicted octanol–water partition coefficient (Wildman–Crippen LogP) is 2.97. The first kappa shape index (κ1) is 20.1. The number of halogens is 1. The normalized spacial score (nSPS) is 15.0. The molecule has 0 radical (unpaired) electrons. The van der Waals surface area contributed by atoms with Crippen molar-refractivity contribution in [3.05, 3.63) is 65.1 Å².